The van der Waals surface area contributed by atoms with Crippen molar-refractivity contribution in [1.29, 1.82) is 0 Å². The van der Waals surface area contributed by atoms with Crippen molar-refractivity contribution in [3.63, 3.8) is 0 Å². The van der Waals surface area contributed by atoms with E-state index in [0.717, 1.165) is 16.7 Å². The molecule has 2 aromatic rings. The van der Waals surface area contributed by atoms with Crippen LogP contribution >= 0.6 is 0 Å². The number of carbonyl (C=O) groups excluding carboxylic acids is 2. The first-order valence-corrected chi connectivity index (χ1v) is 9.31. The van der Waals surface area contributed by atoms with Crippen LogP contribution in [0.5, 0.6) is 5.75 Å². The van der Waals surface area contributed by atoms with E-state index in [2.05, 4.69) is 5.32 Å². The second kappa shape index (κ2) is 9.88. The van der Waals surface area contributed by atoms with E-state index < -0.39 is 6.04 Å². The Hall–Kier alpha value is -2.89. The van der Waals surface area contributed by atoms with Gasteiger partial charge in [0.05, 0.1) is 0 Å². The number of aryl methyl sites for hydroxylation is 2. The molecule has 150 valence electrons. The number of benzene rings is 2. The first-order valence-electron chi connectivity index (χ1n) is 9.31. The summed E-state index contributed by atoms with van der Waals surface area (Å²) < 4.78 is 18.9. The van der Waals surface area contributed by atoms with Gasteiger partial charge >= 0.3 is 0 Å². The quantitative estimate of drug-likeness (QED) is 0.757. The molecule has 0 aliphatic carbocycles. The van der Waals surface area contributed by atoms with Crippen molar-refractivity contribution in [2.75, 3.05) is 13.7 Å². The molecule has 0 aliphatic heterocycles. The topological polar surface area (TPSA) is 58.6 Å². The highest BCUT2D eigenvalue weighted by Gasteiger charge is 2.28. The molecular weight excluding hydrogens is 359 g/mol. The third-order valence-corrected chi connectivity index (χ3v) is 4.58. The molecule has 0 unspecified atom stereocenters. The second-order valence-corrected chi connectivity index (χ2v) is 6.74. The summed E-state index contributed by atoms with van der Waals surface area (Å²) >= 11 is 0. The van der Waals surface area contributed by atoms with E-state index in [-0.39, 0.29) is 30.8 Å². The summed E-state index contributed by atoms with van der Waals surface area (Å²) in [6, 6.07) is 11.0. The molecule has 2 amide bonds. The number of amides is 2. The molecule has 0 aromatic heterocycles. The van der Waals surface area contributed by atoms with Gasteiger partial charge in [-0.2, -0.15) is 0 Å². The van der Waals surface area contributed by atoms with Crippen LogP contribution in [0.25, 0.3) is 0 Å². The maximum atomic E-state index is 13.2. The lowest BCUT2D eigenvalue weighted by atomic mass is 10.1. The highest BCUT2D eigenvalue weighted by molar-refractivity contribution is 5.88. The Kier molecular flexibility index (Phi) is 7.55. The Morgan fingerprint density at radius 2 is 1.82 bits per heavy atom. The number of hydrogen-bond acceptors (Lipinski definition) is 3. The van der Waals surface area contributed by atoms with Crippen molar-refractivity contribution < 1.29 is 18.7 Å². The molecule has 0 spiro atoms. The van der Waals surface area contributed by atoms with Gasteiger partial charge in [-0.25, -0.2) is 4.39 Å². The summed E-state index contributed by atoms with van der Waals surface area (Å²) in [5, 5.41) is 2.60. The van der Waals surface area contributed by atoms with Crippen LogP contribution in [0.2, 0.25) is 0 Å². The van der Waals surface area contributed by atoms with Gasteiger partial charge in [-0.3, -0.25) is 9.59 Å². The van der Waals surface area contributed by atoms with Crippen LogP contribution in [0.4, 0.5) is 4.39 Å². The molecule has 0 saturated heterocycles. The molecule has 1 atom stereocenters. The minimum absolute atomic E-state index is 0.182. The number of nitrogens with one attached hydrogen (secondary N) is 1. The fourth-order valence-electron chi connectivity index (χ4n) is 3.06. The van der Waals surface area contributed by atoms with Gasteiger partial charge in [-0.15, -0.1) is 0 Å². The van der Waals surface area contributed by atoms with E-state index in [1.807, 2.05) is 39.0 Å². The van der Waals surface area contributed by atoms with Crippen LogP contribution in [-0.2, 0) is 16.1 Å². The Labute approximate surface area is 165 Å². The highest BCUT2D eigenvalue weighted by atomic mass is 19.1. The fraction of sp³-hybridized carbons (Fsp3) is 0.364. The molecule has 28 heavy (non-hydrogen) atoms. The average molecular weight is 386 g/mol. The molecule has 6 heteroatoms. The Morgan fingerprint density at radius 3 is 2.39 bits per heavy atom. The van der Waals surface area contributed by atoms with Gasteiger partial charge in [0.25, 0.3) is 5.91 Å². The molecule has 0 fully saturated rings. The number of ether oxygens (including phenoxy) is 1. The molecule has 0 heterocycles. The number of rotatable bonds is 8. The van der Waals surface area contributed by atoms with Crippen LogP contribution in [0.1, 0.15) is 30.0 Å². The van der Waals surface area contributed by atoms with E-state index in [1.165, 1.54) is 24.1 Å². The van der Waals surface area contributed by atoms with E-state index in [9.17, 15) is 14.0 Å². The zero-order valence-corrected chi connectivity index (χ0v) is 16.8. The minimum atomic E-state index is -0.634. The van der Waals surface area contributed by atoms with Crippen molar-refractivity contribution in [3.05, 3.63) is 65.0 Å². The molecule has 0 saturated carbocycles. The summed E-state index contributed by atoms with van der Waals surface area (Å²) in [5.41, 5.74) is 2.79. The van der Waals surface area contributed by atoms with E-state index in [0.29, 0.717) is 12.2 Å². The average Bonchev–Trinajstić information content (AvgIpc) is 2.68. The van der Waals surface area contributed by atoms with Gasteiger partial charge in [0.1, 0.15) is 17.6 Å². The Bertz CT molecular complexity index is 821. The molecular formula is C22H27FN2O3. The molecule has 1 N–H and O–H groups in total. The van der Waals surface area contributed by atoms with Crippen LogP contribution in [-0.4, -0.2) is 36.4 Å². The van der Waals surface area contributed by atoms with Crippen molar-refractivity contribution in [2.24, 2.45) is 0 Å². The lowest BCUT2D eigenvalue weighted by Gasteiger charge is -2.30. The minimum Gasteiger partial charge on any atom is -0.483 e. The van der Waals surface area contributed by atoms with Gasteiger partial charge in [-0.1, -0.05) is 36.8 Å². The summed E-state index contributed by atoms with van der Waals surface area (Å²) in [5.74, 6) is -0.268. The number of nitrogens with zero attached hydrogens (tertiary/aromatic N) is 1. The lowest BCUT2D eigenvalue weighted by molar-refractivity contribution is -0.142. The largest absolute Gasteiger partial charge is 0.483 e. The van der Waals surface area contributed by atoms with Gasteiger partial charge in [0.15, 0.2) is 6.61 Å². The predicted octanol–water partition coefficient (Wildman–Crippen LogP) is 3.37. The van der Waals surface area contributed by atoms with Crippen LogP contribution in [0, 0.1) is 19.7 Å². The molecule has 2 rings (SSSR count). The van der Waals surface area contributed by atoms with Crippen molar-refractivity contribution >= 4 is 11.8 Å². The van der Waals surface area contributed by atoms with E-state index in [1.54, 1.807) is 12.1 Å². The van der Waals surface area contributed by atoms with Crippen molar-refractivity contribution in [2.45, 2.75) is 39.8 Å². The smallest absolute Gasteiger partial charge is 0.261 e. The SMILES string of the molecule is CC[C@@H](C(=O)NC)N(Cc1ccc(F)cc1)C(=O)COc1ccc(C)cc1C. The first kappa shape index (κ1) is 21.4. The van der Waals surface area contributed by atoms with Gasteiger partial charge in [0, 0.05) is 13.6 Å². The maximum Gasteiger partial charge on any atom is 0.261 e. The van der Waals surface area contributed by atoms with E-state index >= 15 is 0 Å². The van der Waals surface area contributed by atoms with Crippen molar-refractivity contribution in [1.82, 2.24) is 10.2 Å². The maximum absolute atomic E-state index is 13.2. The van der Waals surface area contributed by atoms with Crippen LogP contribution < -0.4 is 10.1 Å². The number of carbonyl (C=O) groups is 2. The van der Waals surface area contributed by atoms with Crippen molar-refractivity contribution in [3.8, 4) is 5.75 Å². The van der Waals surface area contributed by atoms with Crippen LogP contribution in [0.15, 0.2) is 42.5 Å². The molecule has 2 aromatic carbocycles. The van der Waals surface area contributed by atoms with Crippen LogP contribution in [0.3, 0.4) is 0 Å². The third-order valence-electron chi connectivity index (χ3n) is 4.58. The first-order chi connectivity index (χ1) is 13.3. The zero-order chi connectivity index (χ0) is 20.7. The number of halogens is 1. The summed E-state index contributed by atoms with van der Waals surface area (Å²) in [7, 11) is 1.54. The van der Waals surface area contributed by atoms with Gasteiger partial charge < -0.3 is 15.0 Å². The van der Waals surface area contributed by atoms with Gasteiger partial charge in [0.2, 0.25) is 5.91 Å². The van der Waals surface area contributed by atoms with E-state index in [4.69, 9.17) is 4.74 Å². The molecule has 5 nitrogen and oxygen atoms in total. The number of likely N-dealkylation sites (N-methyl/N-ethyl adjacent to an activating group) is 1. The van der Waals surface area contributed by atoms with Gasteiger partial charge in [-0.05, 0) is 49.6 Å². The third kappa shape index (κ3) is 5.55. The normalized spacial score (nSPS) is 11.6. The second-order valence-electron chi connectivity index (χ2n) is 6.74. The predicted molar refractivity (Wildman–Crippen MR) is 107 cm³/mol. The monoisotopic (exact) mass is 386 g/mol. The zero-order valence-electron chi connectivity index (χ0n) is 16.8. The molecule has 0 bridgehead atoms. The Morgan fingerprint density at radius 1 is 1.14 bits per heavy atom. The highest BCUT2D eigenvalue weighted by Crippen LogP contribution is 2.19. The lowest BCUT2D eigenvalue weighted by Crippen LogP contribution is -2.49. The summed E-state index contributed by atoms with van der Waals surface area (Å²) in [6.45, 7) is 5.76. The molecule has 0 radical (unpaired) electrons. The number of hydrogen-bond donors (Lipinski definition) is 1. The summed E-state index contributed by atoms with van der Waals surface area (Å²) in [6.07, 6.45) is 0.455. The standard InChI is InChI=1S/C22H27FN2O3/c1-5-19(22(27)24-4)25(13-17-7-9-18(23)10-8-17)21(26)14-28-20-11-6-15(2)12-16(20)3/h6-12,19H,5,13-14H2,1-4H3,(H,24,27)/t19-/m0/s1. The summed E-state index contributed by atoms with van der Waals surface area (Å²) in [4.78, 5) is 26.7. The fourth-order valence-corrected chi connectivity index (χ4v) is 3.06. The molecule has 0 aliphatic rings. The Balaban J connectivity index is 2.19.